The number of rotatable bonds is 5. The third-order valence-corrected chi connectivity index (χ3v) is 4.10. The monoisotopic (exact) mass is 331 g/mol. The lowest BCUT2D eigenvalue weighted by Crippen LogP contribution is -2.29. The molecular weight excluding hydrogens is 306 g/mol. The fourth-order valence-electron chi connectivity index (χ4n) is 2.82. The van der Waals surface area contributed by atoms with E-state index in [2.05, 4.69) is 34.2 Å². The number of aromatic nitrogens is 4. The van der Waals surface area contributed by atoms with Gasteiger partial charge in [-0.25, -0.2) is 4.98 Å². The number of nitrogens with zero attached hydrogens (tertiary/aromatic N) is 3. The Labute approximate surface area is 141 Å². The van der Waals surface area contributed by atoms with E-state index in [1.54, 1.807) is 13.8 Å². The first-order valence-corrected chi connectivity index (χ1v) is 8.08. The van der Waals surface area contributed by atoms with Gasteiger partial charge in [-0.3, -0.25) is 14.3 Å². The van der Waals surface area contributed by atoms with Crippen molar-refractivity contribution in [1.29, 1.82) is 0 Å². The lowest BCUT2D eigenvalue weighted by Gasteiger charge is -2.10. The van der Waals surface area contributed by atoms with Gasteiger partial charge in [0, 0.05) is 35.1 Å². The molecule has 0 bridgehead atoms. The van der Waals surface area contributed by atoms with Gasteiger partial charge in [0.05, 0.1) is 12.1 Å². The number of nitrogens with one attached hydrogen (secondary N) is 2. The van der Waals surface area contributed by atoms with Crippen LogP contribution in [0.5, 0.6) is 0 Å². The van der Waals surface area contributed by atoms with Crippen molar-refractivity contribution in [2.24, 2.45) is 0 Å². The molecule has 0 saturated heterocycles. The number of carbonyl (C=O) groups is 1. The van der Waals surface area contributed by atoms with Crippen LogP contribution in [0.2, 0.25) is 0 Å². The number of hydrogen-bond acceptors (Lipinski definition) is 4. The van der Waals surface area contributed by atoms with Crippen LogP contribution in [0.15, 0.2) is 4.79 Å². The summed E-state index contributed by atoms with van der Waals surface area (Å²) in [5.41, 5.74) is 3.72. The maximum absolute atomic E-state index is 12.2. The third-order valence-electron chi connectivity index (χ3n) is 4.10. The Hall–Kier alpha value is -2.44. The first-order valence-electron chi connectivity index (χ1n) is 8.08. The van der Waals surface area contributed by atoms with Gasteiger partial charge in [-0.1, -0.05) is 0 Å². The van der Waals surface area contributed by atoms with Gasteiger partial charge in [0.15, 0.2) is 0 Å². The first kappa shape index (κ1) is 17.9. The van der Waals surface area contributed by atoms with Gasteiger partial charge in [-0.05, 0) is 41.5 Å². The van der Waals surface area contributed by atoms with E-state index in [4.69, 9.17) is 0 Å². The Kier molecular flexibility index (Phi) is 5.21. The molecule has 0 unspecified atom stereocenters. The van der Waals surface area contributed by atoms with Crippen molar-refractivity contribution in [3.8, 4) is 0 Å². The van der Waals surface area contributed by atoms with E-state index in [9.17, 15) is 9.59 Å². The van der Waals surface area contributed by atoms with Gasteiger partial charge in [0.1, 0.15) is 5.82 Å². The summed E-state index contributed by atoms with van der Waals surface area (Å²) in [5, 5.41) is 7.39. The van der Waals surface area contributed by atoms with Crippen molar-refractivity contribution in [2.75, 3.05) is 0 Å². The maximum atomic E-state index is 12.2. The van der Waals surface area contributed by atoms with Crippen molar-refractivity contribution in [2.45, 2.75) is 60.5 Å². The van der Waals surface area contributed by atoms with Crippen LogP contribution < -0.4 is 10.9 Å². The molecule has 2 aromatic rings. The fourth-order valence-corrected chi connectivity index (χ4v) is 2.82. The minimum atomic E-state index is -0.255. The van der Waals surface area contributed by atoms with Crippen LogP contribution in [0.1, 0.15) is 53.9 Å². The van der Waals surface area contributed by atoms with Gasteiger partial charge < -0.3 is 10.3 Å². The lowest BCUT2D eigenvalue weighted by molar-refractivity contribution is -0.120. The summed E-state index contributed by atoms with van der Waals surface area (Å²) in [7, 11) is 0. The van der Waals surface area contributed by atoms with Crippen LogP contribution in [0.3, 0.4) is 0 Å². The normalized spacial score (nSPS) is 11.1. The van der Waals surface area contributed by atoms with E-state index in [0.717, 1.165) is 17.0 Å². The zero-order valence-corrected chi connectivity index (χ0v) is 15.1. The molecule has 2 rings (SSSR count). The highest BCUT2D eigenvalue weighted by molar-refractivity contribution is 5.78. The predicted molar refractivity (Wildman–Crippen MR) is 92.0 cm³/mol. The SMILES string of the molecule is Cc1nc(C)c(CC(=O)NCc2c(C)nn(C(C)C)c2C)c(=O)[nH]1. The zero-order chi connectivity index (χ0) is 18.0. The number of hydrogen-bond donors (Lipinski definition) is 2. The van der Waals surface area contributed by atoms with Crippen molar-refractivity contribution in [1.82, 2.24) is 25.1 Å². The highest BCUT2D eigenvalue weighted by Crippen LogP contribution is 2.16. The third kappa shape index (κ3) is 3.72. The van der Waals surface area contributed by atoms with Crippen molar-refractivity contribution >= 4 is 5.91 Å². The molecule has 0 saturated carbocycles. The molecule has 130 valence electrons. The van der Waals surface area contributed by atoms with Crippen LogP contribution in [0.25, 0.3) is 0 Å². The standard InChI is InChI=1S/C17H25N5O2/c1-9(2)22-12(5)15(11(4)21-22)8-18-16(23)7-14-10(3)19-13(6)20-17(14)24/h9H,7-8H2,1-6H3,(H,18,23)(H,19,20,24). The van der Waals surface area contributed by atoms with E-state index >= 15 is 0 Å². The second kappa shape index (κ2) is 6.98. The van der Waals surface area contributed by atoms with Crippen LogP contribution in [0.4, 0.5) is 0 Å². The molecule has 2 N–H and O–H groups in total. The molecule has 0 radical (unpaired) electrons. The quantitative estimate of drug-likeness (QED) is 0.871. The molecule has 0 aromatic carbocycles. The van der Waals surface area contributed by atoms with Gasteiger partial charge >= 0.3 is 0 Å². The summed E-state index contributed by atoms with van der Waals surface area (Å²) >= 11 is 0. The summed E-state index contributed by atoms with van der Waals surface area (Å²) in [6.07, 6.45) is 0.0187. The van der Waals surface area contributed by atoms with Crippen LogP contribution >= 0.6 is 0 Å². The number of H-pyrrole nitrogens is 1. The molecule has 7 nitrogen and oxygen atoms in total. The van der Waals surface area contributed by atoms with Gasteiger partial charge in [0.2, 0.25) is 5.91 Å². The second-order valence-corrected chi connectivity index (χ2v) is 6.36. The predicted octanol–water partition coefficient (Wildman–Crippen LogP) is 1.64. The van der Waals surface area contributed by atoms with E-state index in [0.29, 0.717) is 23.6 Å². The molecule has 0 fully saturated rings. The minimum absolute atomic E-state index is 0.0187. The van der Waals surface area contributed by atoms with E-state index < -0.39 is 0 Å². The molecule has 0 aliphatic heterocycles. The van der Waals surface area contributed by atoms with Gasteiger partial charge in [-0.2, -0.15) is 5.10 Å². The van der Waals surface area contributed by atoms with E-state index in [-0.39, 0.29) is 23.9 Å². The Bertz CT molecular complexity index is 817. The number of aryl methyl sites for hydroxylation is 3. The van der Waals surface area contributed by atoms with Crippen molar-refractivity contribution < 1.29 is 4.79 Å². The first-order chi connectivity index (χ1) is 11.2. The Balaban J connectivity index is 2.09. The van der Waals surface area contributed by atoms with E-state index in [1.807, 2.05) is 18.5 Å². The van der Waals surface area contributed by atoms with Crippen molar-refractivity contribution in [3.05, 3.63) is 44.4 Å². The lowest BCUT2D eigenvalue weighted by atomic mass is 10.1. The molecule has 7 heteroatoms. The molecule has 2 aromatic heterocycles. The summed E-state index contributed by atoms with van der Waals surface area (Å²) in [4.78, 5) is 31.0. The van der Waals surface area contributed by atoms with Crippen LogP contribution in [0, 0.1) is 27.7 Å². The smallest absolute Gasteiger partial charge is 0.254 e. The molecule has 0 aliphatic carbocycles. The summed E-state index contributed by atoms with van der Waals surface area (Å²) < 4.78 is 1.95. The highest BCUT2D eigenvalue weighted by Gasteiger charge is 2.16. The maximum Gasteiger partial charge on any atom is 0.254 e. The summed E-state index contributed by atoms with van der Waals surface area (Å²) in [5.74, 6) is 0.347. The number of amides is 1. The largest absolute Gasteiger partial charge is 0.352 e. The highest BCUT2D eigenvalue weighted by atomic mass is 16.2. The average molecular weight is 331 g/mol. The fraction of sp³-hybridized carbons (Fsp3) is 0.529. The summed E-state index contributed by atoms with van der Waals surface area (Å²) in [6, 6.07) is 0.271. The van der Waals surface area contributed by atoms with Gasteiger partial charge in [-0.15, -0.1) is 0 Å². The van der Waals surface area contributed by atoms with Crippen LogP contribution in [-0.2, 0) is 17.8 Å². The topological polar surface area (TPSA) is 92.7 Å². The molecule has 0 atom stereocenters. The minimum Gasteiger partial charge on any atom is -0.352 e. The number of aromatic amines is 1. The molecule has 2 heterocycles. The molecular formula is C17H25N5O2. The zero-order valence-electron chi connectivity index (χ0n) is 15.1. The molecule has 24 heavy (non-hydrogen) atoms. The molecule has 0 spiro atoms. The van der Waals surface area contributed by atoms with Gasteiger partial charge in [0.25, 0.3) is 5.56 Å². The Morgan fingerprint density at radius 1 is 1.17 bits per heavy atom. The number of carbonyl (C=O) groups excluding carboxylic acids is 1. The average Bonchev–Trinajstić information content (AvgIpc) is 2.76. The molecule has 1 amide bonds. The molecule has 0 aliphatic rings. The van der Waals surface area contributed by atoms with Crippen molar-refractivity contribution in [3.63, 3.8) is 0 Å². The van der Waals surface area contributed by atoms with E-state index in [1.165, 1.54) is 0 Å². The second-order valence-electron chi connectivity index (χ2n) is 6.36. The van der Waals surface area contributed by atoms with Crippen LogP contribution in [-0.4, -0.2) is 25.7 Å². The Morgan fingerprint density at radius 2 is 1.83 bits per heavy atom. The summed E-state index contributed by atoms with van der Waals surface area (Å²) in [6.45, 7) is 11.9. The Morgan fingerprint density at radius 3 is 2.38 bits per heavy atom.